The van der Waals surface area contributed by atoms with Gasteiger partial charge in [-0.25, -0.2) is 0 Å². The van der Waals surface area contributed by atoms with Crippen LogP contribution in [0, 0.1) is 37.0 Å². The minimum absolute atomic E-state index is 0. The number of methoxy groups -OCH3 is 1. The number of rotatable bonds is 2. The third-order valence-electron chi connectivity index (χ3n) is 2.08. The second-order valence-corrected chi connectivity index (χ2v) is 3.12. The molecular weight excluding hydrogens is 442 g/mol. The van der Waals surface area contributed by atoms with Gasteiger partial charge < -0.3 is 29.0 Å². The second kappa shape index (κ2) is 10.0. The Morgan fingerprint density at radius 3 is 2.50 bits per heavy atom. The van der Waals surface area contributed by atoms with Crippen LogP contribution in [0.5, 0.6) is 5.75 Å². The molecule has 0 amide bonds. The van der Waals surface area contributed by atoms with Gasteiger partial charge in [0.15, 0.2) is 0 Å². The SMILES string of the molecule is COc1ccnc(-c2[c-]cc(F)cc2F)c1.[C-]#N.[CH2-].[Ir+3]. The van der Waals surface area contributed by atoms with Crippen molar-refractivity contribution in [3.05, 3.63) is 62.2 Å². The van der Waals surface area contributed by atoms with E-state index >= 15 is 0 Å². The Labute approximate surface area is 130 Å². The second-order valence-electron chi connectivity index (χ2n) is 3.12. The fraction of sp³-hybridized carbons (Fsp3) is 0.0714. The zero-order chi connectivity index (χ0) is 13.5. The maximum Gasteiger partial charge on any atom is 3.00 e. The Hall–Kier alpha value is -1.83. The van der Waals surface area contributed by atoms with E-state index in [9.17, 15) is 8.78 Å². The van der Waals surface area contributed by atoms with E-state index in [-0.39, 0.29) is 33.1 Å². The molecule has 2 aromatic rings. The summed E-state index contributed by atoms with van der Waals surface area (Å²) in [4.78, 5) is 3.97. The fourth-order valence-electron chi connectivity index (χ4n) is 1.32. The molecule has 1 aromatic carbocycles. The molecule has 1 radical (unpaired) electrons. The van der Waals surface area contributed by atoms with E-state index in [1.807, 2.05) is 0 Å². The molecule has 0 spiro atoms. The largest absolute Gasteiger partial charge is 3.00 e. The van der Waals surface area contributed by atoms with Crippen molar-refractivity contribution in [2.45, 2.75) is 0 Å². The summed E-state index contributed by atoms with van der Waals surface area (Å²) in [5.74, 6) is -0.799. The molecule has 1 aromatic heterocycles. The van der Waals surface area contributed by atoms with Gasteiger partial charge in [-0.1, -0.05) is 11.6 Å². The van der Waals surface area contributed by atoms with Gasteiger partial charge in [0.25, 0.3) is 0 Å². The molecule has 0 aliphatic heterocycles. The number of ether oxygens (including phenoxy) is 1. The van der Waals surface area contributed by atoms with E-state index in [0.29, 0.717) is 11.4 Å². The number of pyridine rings is 1. The van der Waals surface area contributed by atoms with Gasteiger partial charge in [-0.15, -0.1) is 12.1 Å². The molecule has 105 valence electrons. The average Bonchev–Trinajstić information content (AvgIpc) is 2.41. The Morgan fingerprint density at radius 2 is 1.95 bits per heavy atom. The summed E-state index contributed by atoms with van der Waals surface area (Å²) in [5.41, 5.74) is 0.483. The molecule has 3 nitrogen and oxygen atoms in total. The van der Waals surface area contributed by atoms with Crippen LogP contribution in [0.25, 0.3) is 11.3 Å². The number of hydrogen-bond acceptors (Lipinski definition) is 3. The van der Waals surface area contributed by atoms with Gasteiger partial charge in [0.2, 0.25) is 0 Å². The molecule has 1 heterocycles. The van der Waals surface area contributed by atoms with Crippen LogP contribution in [-0.2, 0) is 20.1 Å². The van der Waals surface area contributed by atoms with Gasteiger partial charge in [0, 0.05) is 17.8 Å². The molecule has 0 aliphatic carbocycles. The van der Waals surface area contributed by atoms with E-state index in [1.54, 1.807) is 12.1 Å². The fourth-order valence-corrected chi connectivity index (χ4v) is 1.32. The maximum atomic E-state index is 13.4. The minimum atomic E-state index is -0.694. The van der Waals surface area contributed by atoms with Crippen molar-refractivity contribution in [3.8, 4) is 17.0 Å². The first-order valence-corrected chi connectivity index (χ1v) is 4.80. The van der Waals surface area contributed by atoms with Gasteiger partial charge in [-0.2, -0.15) is 0 Å². The van der Waals surface area contributed by atoms with Gasteiger partial charge in [-0.05, 0) is 17.8 Å². The number of halogens is 2. The van der Waals surface area contributed by atoms with Crippen molar-refractivity contribution >= 4 is 0 Å². The average molecular weight is 452 g/mol. The van der Waals surface area contributed by atoms with E-state index in [1.165, 1.54) is 13.3 Å². The molecular formula is C14H10F2IrN2O. The number of aromatic nitrogens is 1. The molecule has 0 saturated heterocycles. The van der Waals surface area contributed by atoms with Crippen LogP contribution in [0.15, 0.2) is 30.5 Å². The van der Waals surface area contributed by atoms with Crippen molar-refractivity contribution < 1.29 is 33.6 Å². The molecule has 0 saturated carbocycles. The van der Waals surface area contributed by atoms with Gasteiger partial charge in [0.1, 0.15) is 5.75 Å². The molecule has 6 heteroatoms. The van der Waals surface area contributed by atoms with Gasteiger partial charge in [-0.3, -0.25) is 8.78 Å². The Bertz CT molecular complexity index is 562. The summed E-state index contributed by atoms with van der Waals surface area (Å²) in [6.07, 6.45) is 1.49. The Morgan fingerprint density at radius 1 is 1.30 bits per heavy atom. The predicted octanol–water partition coefficient (Wildman–Crippen LogP) is 3.26. The van der Waals surface area contributed by atoms with E-state index in [0.717, 1.165) is 12.1 Å². The van der Waals surface area contributed by atoms with Crippen molar-refractivity contribution in [2.24, 2.45) is 0 Å². The molecule has 0 N–H and O–H groups in total. The smallest absolute Gasteiger partial charge is 0.512 e. The number of nitrogens with zero attached hydrogens (tertiary/aromatic N) is 2. The summed E-state index contributed by atoms with van der Waals surface area (Å²) in [6.45, 7) is 4.75. The molecule has 0 fully saturated rings. The summed E-state index contributed by atoms with van der Waals surface area (Å²) in [7, 11) is 1.50. The first kappa shape index (κ1) is 20.5. The first-order chi connectivity index (χ1) is 8.70. The first-order valence-electron chi connectivity index (χ1n) is 4.80. The molecule has 20 heavy (non-hydrogen) atoms. The third kappa shape index (κ3) is 5.04. The van der Waals surface area contributed by atoms with Crippen molar-refractivity contribution in [1.82, 2.24) is 4.98 Å². The van der Waals surface area contributed by atoms with E-state index in [2.05, 4.69) is 11.1 Å². The predicted molar refractivity (Wildman–Crippen MR) is 65.3 cm³/mol. The topological polar surface area (TPSA) is 45.9 Å². The molecule has 0 atom stereocenters. The number of hydrogen-bond donors (Lipinski definition) is 0. The number of benzene rings is 1. The van der Waals surface area contributed by atoms with Crippen LogP contribution in [0.4, 0.5) is 8.78 Å². The van der Waals surface area contributed by atoms with Crippen LogP contribution in [0.2, 0.25) is 0 Å². The van der Waals surface area contributed by atoms with Crippen LogP contribution in [-0.4, -0.2) is 12.1 Å². The van der Waals surface area contributed by atoms with Crippen LogP contribution in [0.1, 0.15) is 0 Å². The van der Waals surface area contributed by atoms with Crippen LogP contribution < -0.4 is 4.74 Å². The Kier molecular flexibility index (Phi) is 10.3. The van der Waals surface area contributed by atoms with Gasteiger partial charge in [0.05, 0.1) is 7.11 Å². The Balaban J connectivity index is 0. The monoisotopic (exact) mass is 453 g/mol. The quantitative estimate of drug-likeness (QED) is 0.658. The maximum absolute atomic E-state index is 13.4. The summed E-state index contributed by atoms with van der Waals surface area (Å²) in [6, 6.07) is 7.58. The van der Waals surface area contributed by atoms with Crippen molar-refractivity contribution in [1.29, 1.82) is 5.26 Å². The molecule has 0 aliphatic rings. The molecule has 0 unspecified atom stereocenters. The van der Waals surface area contributed by atoms with Crippen molar-refractivity contribution in [3.63, 3.8) is 0 Å². The molecule has 0 bridgehead atoms. The zero-order valence-corrected chi connectivity index (χ0v) is 12.9. The summed E-state index contributed by atoms with van der Waals surface area (Å²) >= 11 is 0. The van der Waals surface area contributed by atoms with Crippen molar-refractivity contribution in [2.75, 3.05) is 7.11 Å². The standard InChI is InChI=1S/C12H8F2NO.CN.CH2.Ir/c1-16-9-4-5-15-12(7-9)10-3-2-8(13)6-11(10)14;1-2;;/h2,4-7H,1H3;;1H2;/q3*-1;+3. The third-order valence-corrected chi connectivity index (χ3v) is 2.08. The van der Waals surface area contributed by atoms with Crippen LogP contribution >= 0.6 is 0 Å². The van der Waals surface area contributed by atoms with Gasteiger partial charge >= 0.3 is 20.1 Å². The molecule has 2 rings (SSSR count). The normalized spacial score (nSPS) is 8.25. The zero-order valence-electron chi connectivity index (χ0n) is 10.5. The summed E-state index contributed by atoms with van der Waals surface area (Å²) < 4.78 is 31.1. The van der Waals surface area contributed by atoms with E-state index in [4.69, 9.17) is 16.6 Å². The summed E-state index contributed by atoms with van der Waals surface area (Å²) in [5, 5.41) is 6.25. The minimum Gasteiger partial charge on any atom is -0.512 e. The van der Waals surface area contributed by atoms with E-state index < -0.39 is 11.6 Å². The van der Waals surface area contributed by atoms with Crippen LogP contribution in [0.3, 0.4) is 0 Å².